The van der Waals surface area contributed by atoms with Gasteiger partial charge in [0, 0.05) is 17.3 Å². The average molecular weight is 330 g/mol. The van der Waals surface area contributed by atoms with Crippen molar-refractivity contribution in [1.82, 2.24) is 9.97 Å². The number of H-pyrrole nitrogens is 1. The van der Waals surface area contributed by atoms with Crippen LogP contribution < -0.4 is 0 Å². The van der Waals surface area contributed by atoms with E-state index in [4.69, 9.17) is 4.98 Å². The highest BCUT2D eigenvalue weighted by molar-refractivity contribution is 5.66. The van der Waals surface area contributed by atoms with Crippen molar-refractivity contribution < 1.29 is 0 Å². The smallest absolute Gasteiger partial charge is 0.0868 e. The van der Waals surface area contributed by atoms with Crippen LogP contribution in [-0.4, -0.2) is 9.97 Å². The molecule has 0 bridgehead atoms. The lowest BCUT2D eigenvalue weighted by Crippen LogP contribution is -2.19. The summed E-state index contributed by atoms with van der Waals surface area (Å²) in [6, 6.07) is 19.2. The maximum Gasteiger partial charge on any atom is 0.0868 e. The van der Waals surface area contributed by atoms with Gasteiger partial charge in [-0.25, -0.2) is 0 Å². The maximum absolute atomic E-state index is 5.11. The van der Waals surface area contributed by atoms with E-state index in [0.717, 1.165) is 17.1 Å². The van der Waals surface area contributed by atoms with Crippen molar-refractivity contribution in [3.05, 3.63) is 65.9 Å². The summed E-state index contributed by atoms with van der Waals surface area (Å²) >= 11 is 0. The van der Waals surface area contributed by atoms with Crippen molar-refractivity contribution >= 4 is 0 Å². The number of nitrogens with one attached hydrogen (secondary N) is 1. The van der Waals surface area contributed by atoms with E-state index in [1.54, 1.807) is 0 Å². The van der Waals surface area contributed by atoms with E-state index in [9.17, 15) is 0 Å². The standard InChI is InChI=1S/C23H26N2/c1-15(2)18-10-9-16(3)19-11-12-22(25-23(18)19)21-14-13-20(24-21)17-7-5-4-6-8-17/h4-8,11-16,18,24H,9-10H2,1-3H3. The summed E-state index contributed by atoms with van der Waals surface area (Å²) in [6.45, 7) is 6.97. The van der Waals surface area contributed by atoms with Gasteiger partial charge in [-0.2, -0.15) is 0 Å². The second-order valence-electron chi connectivity index (χ2n) is 7.65. The number of fused-ring (bicyclic) bond motifs is 1. The second kappa shape index (κ2) is 6.51. The Bertz CT molecular complexity index is 861. The number of nitrogens with zero attached hydrogens (tertiary/aromatic N) is 1. The number of pyridine rings is 1. The molecule has 1 aromatic carbocycles. The number of benzene rings is 1. The molecule has 0 fully saturated rings. The predicted molar refractivity (Wildman–Crippen MR) is 105 cm³/mol. The van der Waals surface area contributed by atoms with Gasteiger partial charge in [0.15, 0.2) is 0 Å². The van der Waals surface area contributed by atoms with Crippen LogP contribution in [0.1, 0.15) is 56.7 Å². The first-order valence-corrected chi connectivity index (χ1v) is 9.39. The molecule has 2 heteroatoms. The predicted octanol–water partition coefficient (Wildman–Crippen LogP) is 6.38. The van der Waals surface area contributed by atoms with E-state index in [1.807, 2.05) is 6.07 Å². The van der Waals surface area contributed by atoms with Crippen molar-refractivity contribution in [2.45, 2.75) is 45.4 Å². The summed E-state index contributed by atoms with van der Waals surface area (Å²) in [6.07, 6.45) is 2.53. The van der Waals surface area contributed by atoms with E-state index in [0.29, 0.717) is 17.8 Å². The van der Waals surface area contributed by atoms with Crippen LogP contribution in [0.15, 0.2) is 54.6 Å². The molecule has 2 nitrogen and oxygen atoms in total. The minimum Gasteiger partial charge on any atom is -0.353 e. The molecular formula is C23H26N2. The van der Waals surface area contributed by atoms with Crippen LogP contribution in [0.25, 0.3) is 22.6 Å². The zero-order valence-electron chi connectivity index (χ0n) is 15.3. The third-order valence-electron chi connectivity index (χ3n) is 5.60. The van der Waals surface area contributed by atoms with Gasteiger partial charge in [-0.1, -0.05) is 57.2 Å². The molecule has 1 aliphatic carbocycles. The van der Waals surface area contributed by atoms with E-state index in [-0.39, 0.29) is 0 Å². The maximum atomic E-state index is 5.11. The molecule has 1 aliphatic rings. The zero-order valence-corrected chi connectivity index (χ0v) is 15.3. The Balaban J connectivity index is 1.73. The molecule has 25 heavy (non-hydrogen) atoms. The molecule has 128 valence electrons. The lowest BCUT2D eigenvalue weighted by Gasteiger charge is -2.31. The summed E-state index contributed by atoms with van der Waals surface area (Å²) in [4.78, 5) is 8.66. The van der Waals surface area contributed by atoms with Gasteiger partial charge in [0.2, 0.25) is 0 Å². The van der Waals surface area contributed by atoms with E-state index >= 15 is 0 Å². The number of hydrogen-bond acceptors (Lipinski definition) is 1. The Morgan fingerprint density at radius 1 is 0.920 bits per heavy atom. The molecule has 0 saturated carbocycles. The third-order valence-corrected chi connectivity index (χ3v) is 5.60. The van der Waals surface area contributed by atoms with Gasteiger partial charge in [0.25, 0.3) is 0 Å². The van der Waals surface area contributed by atoms with Crippen LogP contribution in [0.3, 0.4) is 0 Å². The third kappa shape index (κ3) is 3.02. The van der Waals surface area contributed by atoms with Gasteiger partial charge >= 0.3 is 0 Å². The Kier molecular flexibility index (Phi) is 4.20. The molecule has 0 spiro atoms. The molecular weight excluding hydrogens is 304 g/mol. The minimum absolute atomic E-state index is 0.578. The molecule has 2 heterocycles. The van der Waals surface area contributed by atoms with Crippen LogP contribution >= 0.6 is 0 Å². The van der Waals surface area contributed by atoms with Crippen LogP contribution in [0.5, 0.6) is 0 Å². The van der Waals surface area contributed by atoms with Gasteiger partial charge in [0.05, 0.1) is 11.4 Å². The first-order chi connectivity index (χ1) is 12.1. The molecule has 0 radical (unpaired) electrons. The van der Waals surface area contributed by atoms with Gasteiger partial charge in [-0.15, -0.1) is 0 Å². The summed E-state index contributed by atoms with van der Waals surface area (Å²) < 4.78 is 0. The molecule has 0 aliphatic heterocycles. The minimum atomic E-state index is 0.578. The molecule has 2 atom stereocenters. The summed E-state index contributed by atoms with van der Waals surface area (Å²) in [7, 11) is 0. The van der Waals surface area contributed by atoms with Crippen molar-refractivity contribution in [1.29, 1.82) is 0 Å². The van der Waals surface area contributed by atoms with Crippen LogP contribution in [0.2, 0.25) is 0 Å². The van der Waals surface area contributed by atoms with Crippen molar-refractivity contribution in [3.63, 3.8) is 0 Å². The van der Waals surface area contributed by atoms with Gasteiger partial charge in [0.1, 0.15) is 0 Å². The molecule has 0 saturated heterocycles. The van der Waals surface area contributed by atoms with E-state index < -0.39 is 0 Å². The van der Waals surface area contributed by atoms with Gasteiger partial charge in [-0.05, 0) is 54.0 Å². The normalized spacial score (nSPS) is 19.8. The Morgan fingerprint density at radius 3 is 2.44 bits per heavy atom. The SMILES string of the molecule is CC1CCC(C(C)C)c2nc(-c3ccc(-c4ccccc4)[nH]3)ccc21. The number of rotatable bonds is 3. The Labute approximate surface area is 150 Å². The summed E-state index contributed by atoms with van der Waals surface area (Å²) in [5.41, 5.74) is 7.28. The Hall–Kier alpha value is -2.35. The van der Waals surface area contributed by atoms with Crippen molar-refractivity contribution in [3.8, 4) is 22.6 Å². The monoisotopic (exact) mass is 330 g/mol. The number of aromatic nitrogens is 2. The first kappa shape index (κ1) is 16.1. The van der Waals surface area contributed by atoms with Crippen LogP contribution in [0.4, 0.5) is 0 Å². The second-order valence-corrected chi connectivity index (χ2v) is 7.65. The van der Waals surface area contributed by atoms with E-state index in [2.05, 4.69) is 74.3 Å². The summed E-state index contributed by atoms with van der Waals surface area (Å²) in [5, 5.41) is 0. The lowest BCUT2D eigenvalue weighted by atomic mass is 9.75. The molecule has 4 rings (SSSR count). The topological polar surface area (TPSA) is 28.7 Å². The highest BCUT2D eigenvalue weighted by Gasteiger charge is 2.28. The highest BCUT2D eigenvalue weighted by Crippen LogP contribution is 2.42. The lowest BCUT2D eigenvalue weighted by molar-refractivity contribution is 0.401. The molecule has 2 unspecified atom stereocenters. The number of aromatic amines is 1. The number of hydrogen-bond donors (Lipinski definition) is 1. The highest BCUT2D eigenvalue weighted by atomic mass is 14.8. The molecule has 2 aromatic heterocycles. The quantitative estimate of drug-likeness (QED) is 0.593. The Morgan fingerprint density at radius 2 is 1.68 bits per heavy atom. The molecule has 3 aromatic rings. The van der Waals surface area contributed by atoms with Crippen LogP contribution in [0, 0.1) is 5.92 Å². The van der Waals surface area contributed by atoms with Gasteiger partial charge < -0.3 is 4.98 Å². The molecule has 1 N–H and O–H groups in total. The van der Waals surface area contributed by atoms with Crippen LogP contribution in [-0.2, 0) is 0 Å². The summed E-state index contributed by atoms with van der Waals surface area (Å²) in [5.74, 6) is 1.84. The fourth-order valence-electron chi connectivity index (χ4n) is 4.05. The largest absolute Gasteiger partial charge is 0.353 e. The van der Waals surface area contributed by atoms with Crippen molar-refractivity contribution in [2.24, 2.45) is 5.92 Å². The fraction of sp³-hybridized carbons (Fsp3) is 0.348. The van der Waals surface area contributed by atoms with Gasteiger partial charge in [-0.3, -0.25) is 4.98 Å². The zero-order chi connectivity index (χ0) is 17.4. The average Bonchev–Trinajstić information content (AvgIpc) is 3.12. The van der Waals surface area contributed by atoms with Crippen molar-refractivity contribution in [2.75, 3.05) is 0 Å². The first-order valence-electron chi connectivity index (χ1n) is 9.39. The molecule has 0 amide bonds. The fourth-order valence-corrected chi connectivity index (χ4v) is 4.05. The van der Waals surface area contributed by atoms with E-state index in [1.165, 1.54) is 29.7 Å².